The molecule has 0 radical (unpaired) electrons. The summed E-state index contributed by atoms with van der Waals surface area (Å²) < 4.78 is 0. The number of hydrogen-bond donors (Lipinski definition) is 2. The van der Waals surface area contributed by atoms with Crippen LogP contribution in [0.2, 0.25) is 0 Å². The molecular formula is C14H25N3O. The first kappa shape index (κ1) is 15.1. The van der Waals surface area contributed by atoms with E-state index in [9.17, 15) is 5.11 Å². The van der Waals surface area contributed by atoms with Crippen molar-refractivity contribution in [3.8, 4) is 0 Å². The van der Waals surface area contributed by atoms with Gasteiger partial charge in [0.1, 0.15) is 0 Å². The summed E-state index contributed by atoms with van der Waals surface area (Å²) in [5.74, 6) is 0. The number of likely N-dealkylation sites (N-methyl/N-ethyl adjacent to an activating group) is 1. The molecular weight excluding hydrogens is 226 g/mol. The van der Waals surface area contributed by atoms with Gasteiger partial charge >= 0.3 is 0 Å². The van der Waals surface area contributed by atoms with Gasteiger partial charge in [-0.3, -0.25) is 4.98 Å². The molecule has 4 nitrogen and oxygen atoms in total. The summed E-state index contributed by atoms with van der Waals surface area (Å²) >= 11 is 0. The van der Waals surface area contributed by atoms with Crippen LogP contribution in [0.15, 0.2) is 24.5 Å². The molecule has 18 heavy (non-hydrogen) atoms. The van der Waals surface area contributed by atoms with Crippen LogP contribution in [0.3, 0.4) is 0 Å². The van der Waals surface area contributed by atoms with Crippen molar-refractivity contribution in [2.45, 2.75) is 32.9 Å². The Balaban J connectivity index is 2.32. The van der Waals surface area contributed by atoms with Gasteiger partial charge < -0.3 is 15.3 Å². The predicted octanol–water partition coefficient (Wildman–Crippen LogP) is 1.43. The van der Waals surface area contributed by atoms with E-state index in [4.69, 9.17) is 0 Å². The number of rotatable bonds is 8. The van der Waals surface area contributed by atoms with E-state index in [1.807, 2.05) is 18.3 Å². The quantitative estimate of drug-likeness (QED) is 0.734. The summed E-state index contributed by atoms with van der Waals surface area (Å²) in [7, 11) is 0. The zero-order valence-electron chi connectivity index (χ0n) is 11.6. The van der Waals surface area contributed by atoms with E-state index < -0.39 is 0 Å². The van der Waals surface area contributed by atoms with Crippen LogP contribution in [0, 0.1) is 0 Å². The minimum Gasteiger partial charge on any atom is -0.390 e. The lowest BCUT2D eigenvalue weighted by Crippen LogP contribution is -2.38. The van der Waals surface area contributed by atoms with E-state index in [1.54, 1.807) is 6.20 Å². The van der Waals surface area contributed by atoms with Crippen molar-refractivity contribution in [1.82, 2.24) is 15.2 Å². The van der Waals surface area contributed by atoms with Gasteiger partial charge in [0.15, 0.2) is 0 Å². The van der Waals surface area contributed by atoms with Gasteiger partial charge in [0, 0.05) is 31.5 Å². The predicted molar refractivity (Wildman–Crippen MR) is 74.4 cm³/mol. The average molecular weight is 251 g/mol. The number of aliphatic hydroxyl groups excluding tert-OH is 1. The molecule has 0 saturated carbocycles. The summed E-state index contributed by atoms with van der Waals surface area (Å²) in [6, 6.07) is 4.19. The van der Waals surface area contributed by atoms with Gasteiger partial charge in [-0.15, -0.1) is 0 Å². The number of pyridine rings is 1. The SMILES string of the molecule is CCN(CC)CC(O)CNC(C)c1cccnc1. The Morgan fingerprint density at radius 1 is 1.39 bits per heavy atom. The second-order valence-corrected chi connectivity index (χ2v) is 4.56. The fraction of sp³-hybridized carbons (Fsp3) is 0.643. The first-order chi connectivity index (χ1) is 8.67. The molecule has 0 aliphatic heterocycles. The lowest BCUT2D eigenvalue weighted by Gasteiger charge is -2.23. The Morgan fingerprint density at radius 3 is 2.67 bits per heavy atom. The molecule has 0 aliphatic carbocycles. The zero-order chi connectivity index (χ0) is 13.4. The van der Waals surface area contributed by atoms with Gasteiger partial charge in [0.05, 0.1) is 6.10 Å². The molecule has 1 rings (SSSR count). The molecule has 0 aliphatic rings. The van der Waals surface area contributed by atoms with E-state index >= 15 is 0 Å². The molecule has 0 aromatic carbocycles. The maximum absolute atomic E-state index is 9.96. The number of aromatic nitrogens is 1. The second kappa shape index (κ2) is 8.19. The molecule has 4 heteroatoms. The van der Waals surface area contributed by atoms with Gasteiger partial charge in [-0.2, -0.15) is 0 Å². The third-order valence-electron chi connectivity index (χ3n) is 3.21. The van der Waals surface area contributed by atoms with Gasteiger partial charge in [-0.25, -0.2) is 0 Å². The Bertz CT molecular complexity index is 314. The number of aliphatic hydroxyl groups is 1. The zero-order valence-corrected chi connectivity index (χ0v) is 11.6. The van der Waals surface area contributed by atoms with E-state index in [2.05, 4.69) is 36.0 Å². The highest BCUT2D eigenvalue weighted by atomic mass is 16.3. The summed E-state index contributed by atoms with van der Waals surface area (Å²) in [4.78, 5) is 6.32. The highest BCUT2D eigenvalue weighted by Gasteiger charge is 2.11. The fourth-order valence-electron chi connectivity index (χ4n) is 1.91. The Kier molecular flexibility index (Phi) is 6.86. The first-order valence-corrected chi connectivity index (χ1v) is 6.71. The second-order valence-electron chi connectivity index (χ2n) is 4.56. The van der Waals surface area contributed by atoms with Gasteiger partial charge in [0.2, 0.25) is 0 Å². The third-order valence-corrected chi connectivity index (χ3v) is 3.21. The molecule has 0 amide bonds. The molecule has 1 aromatic heterocycles. The topological polar surface area (TPSA) is 48.4 Å². The smallest absolute Gasteiger partial charge is 0.0791 e. The van der Waals surface area contributed by atoms with E-state index in [-0.39, 0.29) is 12.1 Å². The Hall–Kier alpha value is -0.970. The summed E-state index contributed by atoms with van der Waals surface area (Å²) in [5.41, 5.74) is 1.15. The van der Waals surface area contributed by atoms with Crippen molar-refractivity contribution in [3.05, 3.63) is 30.1 Å². The van der Waals surface area contributed by atoms with E-state index in [0.29, 0.717) is 6.54 Å². The van der Waals surface area contributed by atoms with Crippen molar-refractivity contribution >= 4 is 0 Å². The van der Waals surface area contributed by atoms with Crippen molar-refractivity contribution in [3.63, 3.8) is 0 Å². The Morgan fingerprint density at radius 2 is 2.11 bits per heavy atom. The van der Waals surface area contributed by atoms with Crippen LogP contribution in [-0.4, -0.2) is 47.3 Å². The minimum atomic E-state index is -0.330. The molecule has 1 heterocycles. The summed E-state index contributed by atoms with van der Waals surface area (Å²) in [6.07, 6.45) is 3.30. The van der Waals surface area contributed by atoms with Crippen LogP contribution in [0.1, 0.15) is 32.4 Å². The number of nitrogens with one attached hydrogen (secondary N) is 1. The van der Waals surface area contributed by atoms with E-state index in [1.165, 1.54) is 0 Å². The largest absolute Gasteiger partial charge is 0.390 e. The van der Waals surface area contributed by atoms with Crippen molar-refractivity contribution in [2.75, 3.05) is 26.2 Å². The molecule has 102 valence electrons. The van der Waals surface area contributed by atoms with Crippen molar-refractivity contribution < 1.29 is 5.11 Å². The highest BCUT2D eigenvalue weighted by Crippen LogP contribution is 2.09. The van der Waals surface area contributed by atoms with Crippen LogP contribution < -0.4 is 5.32 Å². The maximum Gasteiger partial charge on any atom is 0.0791 e. The monoisotopic (exact) mass is 251 g/mol. The summed E-state index contributed by atoms with van der Waals surface area (Å²) in [6.45, 7) is 9.59. The van der Waals surface area contributed by atoms with Crippen LogP contribution in [-0.2, 0) is 0 Å². The van der Waals surface area contributed by atoms with Gasteiger partial charge in [0.25, 0.3) is 0 Å². The van der Waals surface area contributed by atoms with Crippen molar-refractivity contribution in [2.24, 2.45) is 0 Å². The molecule has 0 spiro atoms. The number of nitrogens with zero attached hydrogens (tertiary/aromatic N) is 2. The van der Waals surface area contributed by atoms with Gasteiger partial charge in [-0.05, 0) is 31.6 Å². The highest BCUT2D eigenvalue weighted by molar-refractivity contribution is 5.12. The molecule has 2 N–H and O–H groups in total. The van der Waals surface area contributed by atoms with E-state index in [0.717, 1.165) is 25.2 Å². The fourth-order valence-corrected chi connectivity index (χ4v) is 1.91. The van der Waals surface area contributed by atoms with Gasteiger partial charge in [-0.1, -0.05) is 19.9 Å². The molecule has 1 aromatic rings. The van der Waals surface area contributed by atoms with Crippen LogP contribution in [0.5, 0.6) is 0 Å². The molecule has 0 bridgehead atoms. The maximum atomic E-state index is 9.96. The van der Waals surface area contributed by atoms with Crippen LogP contribution >= 0.6 is 0 Å². The third kappa shape index (κ3) is 5.12. The Labute approximate surface area is 110 Å². The van der Waals surface area contributed by atoms with Crippen molar-refractivity contribution in [1.29, 1.82) is 0 Å². The normalized spacial score (nSPS) is 14.7. The average Bonchev–Trinajstić information content (AvgIpc) is 2.43. The molecule has 2 unspecified atom stereocenters. The van der Waals surface area contributed by atoms with Crippen LogP contribution in [0.4, 0.5) is 0 Å². The first-order valence-electron chi connectivity index (χ1n) is 6.71. The lowest BCUT2D eigenvalue weighted by molar-refractivity contribution is 0.114. The lowest BCUT2D eigenvalue weighted by atomic mass is 10.1. The molecule has 0 saturated heterocycles. The molecule has 0 fully saturated rings. The molecule has 2 atom stereocenters. The summed E-state index contributed by atoms with van der Waals surface area (Å²) in [5, 5.41) is 13.3. The minimum absolute atomic E-state index is 0.213. The standard InChI is InChI=1S/C14H25N3O/c1-4-17(5-2)11-14(18)10-16-12(3)13-7-6-8-15-9-13/h6-9,12,14,16,18H,4-5,10-11H2,1-3H3. The number of hydrogen-bond acceptors (Lipinski definition) is 4. The van der Waals surface area contributed by atoms with Crippen LogP contribution in [0.25, 0.3) is 0 Å².